The lowest BCUT2D eigenvalue weighted by Crippen LogP contribution is -2.44. The van der Waals surface area contributed by atoms with Crippen LogP contribution in [0.15, 0.2) is 105 Å². The van der Waals surface area contributed by atoms with Gasteiger partial charge in [0.05, 0.1) is 35.4 Å². The second-order valence-corrected chi connectivity index (χ2v) is 15.0. The van der Waals surface area contributed by atoms with Gasteiger partial charge in [0.15, 0.2) is 17.4 Å². The maximum Gasteiger partial charge on any atom is 0.408 e. The molecule has 0 radical (unpaired) electrons. The van der Waals surface area contributed by atoms with Gasteiger partial charge < -0.3 is 32.4 Å². The number of ketones is 1. The van der Waals surface area contributed by atoms with Crippen LogP contribution in [0.5, 0.6) is 0 Å². The average molecular weight is 805 g/mol. The van der Waals surface area contributed by atoms with E-state index in [1.807, 2.05) is 73.2 Å². The Morgan fingerprint density at radius 1 is 0.750 bits per heavy atom. The summed E-state index contributed by atoms with van der Waals surface area (Å²) in [5, 5.41) is 27.4. The molecule has 2 atom stereocenters. The summed E-state index contributed by atoms with van der Waals surface area (Å²) in [6.07, 6.45) is 4.62. The molecular weight excluding hydrogens is 753 g/mol. The molecule has 0 unspecified atom stereocenters. The summed E-state index contributed by atoms with van der Waals surface area (Å²) in [6.45, 7) is 7.05. The molecule has 0 saturated heterocycles. The minimum Gasteiger partial charge on any atom is -0.481 e. The molecule has 0 fully saturated rings. The van der Waals surface area contributed by atoms with E-state index in [1.165, 1.54) is 0 Å². The van der Waals surface area contributed by atoms with E-state index >= 15 is 0 Å². The molecule has 4 aromatic rings. The van der Waals surface area contributed by atoms with Crippen molar-refractivity contribution in [1.82, 2.24) is 15.3 Å². The number of carbonyl (C=O) groups excluding carboxylic acids is 2. The molecule has 0 aliphatic carbocycles. The second-order valence-electron chi connectivity index (χ2n) is 13.1. The molecule has 0 aliphatic rings. The first-order chi connectivity index (χ1) is 26.6. The van der Waals surface area contributed by atoms with Crippen LogP contribution in [0.2, 0.25) is 0 Å². The van der Waals surface area contributed by atoms with Gasteiger partial charge >= 0.3 is 12.1 Å². The molecule has 0 aliphatic heterocycles. The number of alkyl carbamates (subject to hydrolysis) is 1. The zero-order valence-corrected chi connectivity index (χ0v) is 34.2. The Kier molecular flexibility index (Phi) is 20.6. The Morgan fingerprint density at radius 3 is 1.71 bits per heavy atom. The smallest absolute Gasteiger partial charge is 0.408 e. The number of anilines is 3. The molecule has 0 saturated carbocycles. The lowest BCUT2D eigenvalue weighted by atomic mass is 10.1. The Morgan fingerprint density at radius 2 is 1.25 bits per heavy atom. The van der Waals surface area contributed by atoms with Gasteiger partial charge in [-0.05, 0) is 106 Å². The Bertz CT molecular complexity index is 1880. The molecule has 300 valence electrons. The zero-order valence-electron chi connectivity index (χ0n) is 32.6. The number of carboxylic acids is 1. The van der Waals surface area contributed by atoms with Gasteiger partial charge in [-0.1, -0.05) is 43.3 Å². The molecule has 56 heavy (non-hydrogen) atoms. The number of benzene rings is 2. The Balaban J connectivity index is 0.000000356. The molecule has 0 bridgehead atoms. The molecule has 0 spiro atoms. The van der Waals surface area contributed by atoms with Crippen molar-refractivity contribution in [1.29, 1.82) is 0 Å². The van der Waals surface area contributed by atoms with Crippen molar-refractivity contribution in [3.63, 3.8) is 0 Å². The van der Waals surface area contributed by atoms with Crippen molar-refractivity contribution < 1.29 is 24.2 Å². The van der Waals surface area contributed by atoms with Gasteiger partial charge in [0.2, 0.25) is 0 Å². The zero-order chi connectivity index (χ0) is 41.5. The monoisotopic (exact) mass is 804 g/mol. The number of azo groups is 2. The van der Waals surface area contributed by atoms with E-state index in [9.17, 15) is 14.4 Å². The normalized spacial score (nSPS) is 12.1. The minimum atomic E-state index is -0.691. The number of thioether (sulfide) groups is 2. The maximum absolute atomic E-state index is 12.8. The van der Waals surface area contributed by atoms with Crippen LogP contribution < -0.4 is 22.5 Å². The number of carbonyl (C=O) groups is 3. The molecule has 2 heterocycles. The summed E-state index contributed by atoms with van der Waals surface area (Å²) in [5.74, 6) is 1.46. The second kappa shape index (κ2) is 24.8. The number of rotatable bonds is 15. The number of hydrogen-bond acceptors (Lipinski definition) is 15. The Labute approximate surface area is 336 Å². The molecular formula is C39H52N10O5S2. The van der Waals surface area contributed by atoms with Gasteiger partial charge in [0.1, 0.15) is 22.8 Å². The molecule has 15 nitrogen and oxygen atoms in total. The molecule has 1 amide bonds. The van der Waals surface area contributed by atoms with Crippen LogP contribution in [0.25, 0.3) is 0 Å². The van der Waals surface area contributed by atoms with Crippen LogP contribution in [0, 0.1) is 5.92 Å². The van der Waals surface area contributed by atoms with E-state index in [0.29, 0.717) is 35.0 Å². The van der Waals surface area contributed by atoms with Gasteiger partial charge in [-0.2, -0.15) is 33.8 Å². The number of nitrogens with zero attached hydrogens (tertiary/aromatic N) is 6. The fourth-order valence-corrected chi connectivity index (χ4v) is 5.25. The van der Waals surface area contributed by atoms with Crippen molar-refractivity contribution in [2.45, 2.75) is 58.6 Å². The summed E-state index contributed by atoms with van der Waals surface area (Å²) in [6, 6.07) is 24.7. The Hall–Kier alpha value is -5.55. The van der Waals surface area contributed by atoms with Crippen LogP contribution in [0.1, 0.15) is 46.2 Å². The number of ether oxygens (including phenoxy) is 1. The van der Waals surface area contributed by atoms with Gasteiger partial charge in [0.25, 0.3) is 0 Å². The van der Waals surface area contributed by atoms with E-state index in [1.54, 1.807) is 75.5 Å². The number of aromatic nitrogens is 2. The van der Waals surface area contributed by atoms with Crippen molar-refractivity contribution in [2.75, 3.05) is 41.2 Å². The molecule has 8 N–H and O–H groups in total. The third-order valence-corrected chi connectivity index (χ3v) is 8.45. The van der Waals surface area contributed by atoms with E-state index in [4.69, 9.17) is 27.0 Å². The number of nitrogens with two attached hydrogens (primary N) is 3. The maximum atomic E-state index is 12.8. The summed E-state index contributed by atoms with van der Waals surface area (Å²) < 4.78 is 5.28. The lowest BCUT2D eigenvalue weighted by Gasteiger charge is -2.23. The molecule has 4 rings (SSSR count). The summed E-state index contributed by atoms with van der Waals surface area (Å²) in [7, 11) is 0. The van der Waals surface area contributed by atoms with Gasteiger partial charge in [0, 0.05) is 0 Å². The van der Waals surface area contributed by atoms with Crippen molar-refractivity contribution in [2.24, 2.45) is 26.4 Å². The highest BCUT2D eigenvalue weighted by atomic mass is 32.2. The highest BCUT2D eigenvalue weighted by Gasteiger charge is 2.24. The number of nitrogens with one attached hydrogen (secondary N) is 1. The van der Waals surface area contributed by atoms with Crippen LogP contribution in [-0.4, -0.2) is 68.6 Å². The standard InChI is InChI=1S/C22H29N5O3S.C11H11N5.C6H12O2S/c1-22(2,3)30-21(29)25-17(12-13-31-4)19(28)14-16-10-11-18(20(23)24-16)27-26-15-8-6-5-7-9-15;12-10-7-6-9(11(13)14-10)16-15-8-4-2-1-3-5-8;1-5(6(7)8)3-4-9-2/h5-11,17H,12-14H2,1-4H3,(H2,23,24)(H,25,29);1-7H,(H4,12,13,14);5H,3-4H2,1-2H3,(H,7,8)/t17-;;5-/m0.0/s1. The summed E-state index contributed by atoms with van der Waals surface area (Å²) in [4.78, 5) is 43.3. The van der Waals surface area contributed by atoms with Crippen LogP contribution in [-0.2, 0) is 20.7 Å². The number of carboxylic acid groups (broad SMARTS) is 1. The molecule has 2 aromatic heterocycles. The number of hydrogen-bond donors (Lipinski definition) is 5. The minimum absolute atomic E-state index is 0.0369. The predicted molar refractivity (Wildman–Crippen MR) is 228 cm³/mol. The summed E-state index contributed by atoms with van der Waals surface area (Å²) >= 11 is 3.28. The third kappa shape index (κ3) is 19.2. The number of Topliss-reactive ketones (excluding diaryl/α,β-unsaturated/α-hetero) is 1. The van der Waals surface area contributed by atoms with E-state index in [0.717, 1.165) is 23.6 Å². The number of nitrogen functional groups attached to an aromatic ring is 3. The average Bonchev–Trinajstić information content (AvgIpc) is 3.15. The molecule has 17 heteroatoms. The van der Waals surface area contributed by atoms with Crippen molar-refractivity contribution in [3.05, 3.63) is 90.6 Å². The summed E-state index contributed by atoms with van der Waals surface area (Å²) in [5.41, 5.74) is 19.4. The largest absolute Gasteiger partial charge is 0.481 e. The van der Waals surface area contributed by atoms with Crippen LogP contribution in [0.3, 0.4) is 0 Å². The third-order valence-electron chi connectivity index (χ3n) is 7.17. The highest BCUT2D eigenvalue weighted by Crippen LogP contribution is 2.25. The number of aliphatic carboxylic acids is 1. The van der Waals surface area contributed by atoms with Gasteiger partial charge in [-0.3, -0.25) is 9.59 Å². The number of pyridine rings is 2. The SMILES string of the molecule is CSCC[C@H](C)C(=O)O.CSCC[C@H](NC(=O)OC(C)(C)C)C(=O)Cc1ccc(N=Nc2ccccc2)c(N)n1.Nc1ccc(N=Nc2ccccc2)c(N)n1. The molecule has 2 aromatic carbocycles. The van der Waals surface area contributed by atoms with Crippen LogP contribution >= 0.6 is 23.5 Å². The van der Waals surface area contributed by atoms with E-state index < -0.39 is 23.7 Å². The van der Waals surface area contributed by atoms with Gasteiger partial charge in [-0.15, -0.1) is 10.2 Å². The fourth-order valence-electron chi connectivity index (χ4n) is 4.19. The van der Waals surface area contributed by atoms with Crippen molar-refractivity contribution in [3.8, 4) is 0 Å². The van der Waals surface area contributed by atoms with Crippen molar-refractivity contribution >= 4 is 81.6 Å². The first-order valence-electron chi connectivity index (χ1n) is 17.6. The van der Waals surface area contributed by atoms with Crippen LogP contribution in [0.4, 0.5) is 45.0 Å². The van der Waals surface area contributed by atoms with E-state index in [2.05, 4.69) is 35.7 Å². The highest BCUT2D eigenvalue weighted by molar-refractivity contribution is 7.98. The predicted octanol–water partition coefficient (Wildman–Crippen LogP) is 8.96. The first-order valence-corrected chi connectivity index (χ1v) is 20.3. The topological polar surface area (TPSA) is 246 Å². The van der Waals surface area contributed by atoms with E-state index in [-0.39, 0.29) is 29.8 Å². The lowest BCUT2D eigenvalue weighted by molar-refractivity contribution is -0.141. The fraction of sp³-hybridized carbons (Fsp3) is 0.359. The first kappa shape index (κ1) is 46.6. The number of amides is 1. The van der Waals surface area contributed by atoms with Gasteiger partial charge in [-0.25, -0.2) is 14.8 Å². The quantitative estimate of drug-likeness (QED) is 0.0707.